The topological polar surface area (TPSA) is 29.9 Å². The molecule has 1 N–H and O–H groups in total. The van der Waals surface area contributed by atoms with Gasteiger partial charge in [0.1, 0.15) is 0 Å². The Hall–Kier alpha value is -2.55. The van der Waals surface area contributed by atoms with Crippen LogP contribution in [0.1, 0.15) is 33.3 Å². The van der Waals surface area contributed by atoms with Gasteiger partial charge in [0.2, 0.25) is 5.95 Å². The van der Waals surface area contributed by atoms with Gasteiger partial charge in [-0.2, -0.15) is 0 Å². The fourth-order valence-corrected chi connectivity index (χ4v) is 2.59. The van der Waals surface area contributed by atoms with Gasteiger partial charge in [-0.15, -0.1) is 0 Å². The Kier molecular flexibility index (Phi) is 6.40. The molecule has 0 bridgehead atoms. The molecule has 1 heterocycles. The highest BCUT2D eigenvalue weighted by Crippen LogP contribution is 2.10. The zero-order valence-corrected chi connectivity index (χ0v) is 15.8. The molecule has 0 unspecified atom stereocenters. The van der Waals surface area contributed by atoms with Crippen LogP contribution in [0, 0.1) is 5.92 Å². The molecule has 0 saturated carbocycles. The summed E-state index contributed by atoms with van der Waals surface area (Å²) in [4.78, 5) is 4.74. The van der Waals surface area contributed by atoms with Crippen molar-refractivity contribution in [2.24, 2.45) is 5.92 Å². The van der Waals surface area contributed by atoms with Crippen LogP contribution in [0.3, 0.4) is 0 Å². The molecule has 1 aromatic carbocycles. The van der Waals surface area contributed by atoms with Crippen LogP contribution in [0.4, 0.5) is 5.95 Å². The predicted molar refractivity (Wildman–Crippen MR) is 109 cm³/mol. The Balaban J connectivity index is 2.30. The standard InChI is InChI=1S/C22H29N3/c1-16(2)12-13-21-19(6)25(15-17(3)4)22(24-21)23-18(5)14-20-10-8-7-9-11-20/h7-13,17H,5-6,14-15H2,1-4H3,(H,23,24)/b21-13+. The van der Waals surface area contributed by atoms with Crippen molar-refractivity contribution in [3.8, 4) is 0 Å². The first-order valence-corrected chi connectivity index (χ1v) is 8.76. The quantitative estimate of drug-likeness (QED) is 0.832. The van der Waals surface area contributed by atoms with E-state index in [2.05, 4.69) is 68.9 Å². The van der Waals surface area contributed by atoms with Gasteiger partial charge in [-0.3, -0.25) is 0 Å². The van der Waals surface area contributed by atoms with Gasteiger partial charge in [0.15, 0.2) is 0 Å². The van der Waals surface area contributed by atoms with Gasteiger partial charge in [0.25, 0.3) is 0 Å². The van der Waals surface area contributed by atoms with Gasteiger partial charge in [0.05, 0.1) is 10.7 Å². The van der Waals surface area contributed by atoms with Crippen molar-refractivity contribution in [3.05, 3.63) is 70.5 Å². The molecule has 0 aliphatic heterocycles. The van der Waals surface area contributed by atoms with Crippen LogP contribution in [0.5, 0.6) is 0 Å². The highest BCUT2D eigenvalue weighted by atomic mass is 15.2. The Labute approximate surface area is 151 Å². The molecule has 0 aliphatic rings. The molecule has 0 spiro atoms. The lowest BCUT2D eigenvalue weighted by Crippen LogP contribution is -2.29. The monoisotopic (exact) mass is 335 g/mol. The number of anilines is 1. The molecule has 0 fully saturated rings. The molecule has 1 aromatic heterocycles. The lowest BCUT2D eigenvalue weighted by Gasteiger charge is -2.13. The first-order chi connectivity index (χ1) is 11.9. The second-order valence-electron chi connectivity index (χ2n) is 7.07. The number of imidazole rings is 1. The molecule has 0 saturated heterocycles. The summed E-state index contributed by atoms with van der Waals surface area (Å²) in [5, 5.41) is 5.22. The molecule has 0 radical (unpaired) electrons. The van der Waals surface area contributed by atoms with Crippen LogP contribution in [-0.2, 0) is 13.0 Å². The second-order valence-corrected chi connectivity index (χ2v) is 7.07. The summed E-state index contributed by atoms with van der Waals surface area (Å²) in [6.45, 7) is 17.8. The third-order valence-electron chi connectivity index (χ3n) is 3.77. The Morgan fingerprint density at radius 2 is 1.92 bits per heavy atom. The minimum Gasteiger partial charge on any atom is -0.330 e. The van der Waals surface area contributed by atoms with Gasteiger partial charge >= 0.3 is 0 Å². The van der Waals surface area contributed by atoms with Crippen molar-refractivity contribution < 1.29 is 0 Å². The Morgan fingerprint density at radius 1 is 1.24 bits per heavy atom. The number of allylic oxidation sites excluding steroid dienone is 3. The van der Waals surface area contributed by atoms with Gasteiger partial charge in [-0.1, -0.05) is 69.0 Å². The molecule has 3 nitrogen and oxygen atoms in total. The average Bonchev–Trinajstić information content (AvgIpc) is 2.82. The van der Waals surface area contributed by atoms with Crippen LogP contribution in [-0.4, -0.2) is 9.55 Å². The Bertz CT molecular complexity index is 851. The molecule has 132 valence electrons. The highest BCUT2D eigenvalue weighted by Gasteiger charge is 2.09. The van der Waals surface area contributed by atoms with Gasteiger partial charge in [-0.25, -0.2) is 4.98 Å². The number of benzene rings is 1. The maximum Gasteiger partial charge on any atom is 0.208 e. The molecule has 2 rings (SSSR count). The zero-order chi connectivity index (χ0) is 18.4. The van der Waals surface area contributed by atoms with E-state index in [4.69, 9.17) is 4.98 Å². The van der Waals surface area contributed by atoms with E-state index in [1.54, 1.807) is 0 Å². The summed E-state index contributed by atoms with van der Waals surface area (Å²) in [6, 6.07) is 10.3. The first-order valence-electron chi connectivity index (χ1n) is 8.76. The van der Waals surface area contributed by atoms with Gasteiger partial charge < -0.3 is 9.88 Å². The highest BCUT2D eigenvalue weighted by molar-refractivity contribution is 5.43. The van der Waals surface area contributed by atoms with E-state index in [0.29, 0.717) is 5.92 Å². The zero-order valence-electron chi connectivity index (χ0n) is 15.8. The van der Waals surface area contributed by atoms with Crippen molar-refractivity contribution in [1.29, 1.82) is 0 Å². The maximum absolute atomic E-state index is 4.74. The molecule has 3 heteroatoms. The van der Waals surface area contributed by atoms with E-state index in [0.717, 1.165) is 35.3 Å². The maximum atomic E-state index is 4.74. The lowest BCUT2D eigenvalue weighted by molar-refractivity contribution is 0.519. The third kappa shape index (κ3) is 5.49. The largest absolute Gasteiger partial charge is 0.330 e. The summed E-state index contributed by atoms with van der Waals surface area (Å²) in [7, 11) is 0. The Morgan fingerprint density at radius 3 is 2.52 bits per heavy atom. The second kappa shape index (κ2) is 8.52. The van der Waals surface area contributed by atoms with E-state index in [1.807, 2.05) is 24.3 Å². The van der Waals surface area contributed by atoms with Crippen molar-refractivity contribution in [3.63, 3.8) is 0 Å². The van der Waals surface area contributed by atoms with Crippen LogP contribution in [0.25, 0.3) is 12.7 Å². The summed E-state index contributed by atoms with van der Waals surface area (Å²) >= 11 is 0. The van der Waals surface area contributed by atoms with Crippen molar-refractivity contribution in [2.45, 2.75) is 40.7 Å². The van der Waals surface area contributed by atoms with Crippen LogP contribution in [0.15, 0.2) is 54.3 Å². The van der Waals surface area contributed by atoms with Crippen molar-refractivity contribution >= 4 is 18.6 Å². The van der Waals surface area contributed by atoms with E-state index >= 15 is 0 Å². The van der Waals surface area contributed by atoms with Crippen LogP contribution in [0.2, 0.25) is 0 Å². The summed E-state index contributed by atoms with van der Waals surface area (Å²) in [5.74, 6) is 1.32. The minimum absolute atomic E-state index is 0.508. The first kappa shape index (κ1) is 18.8. The van der Waals surface area contributed by atoms with E-state index in [-0.39, 0.29) is 0 Å². The minimum atomic E-state index is 0.508. The normalized spacial score (nSPS) is 11.6. The van der Waals surface area contributed by atoms with Crippen molar-refractivity contribution in [2.75, 3.05) is 5.32 Å². The van der Waals surface area contributed by atoms with Crippen LogP contribution >= 0.6 is 0 Å². The molecule has 0 aliphatic carbocycles. The number of nitrogens with zero attached hydrogens (tertiary/aromatic N) is 2. The molecule has 2 aromatic rings. The number of hydrogen-bond acceptors (Lipinski definition) is 2. The number of nitrogens with one attached hydrogen (secondary N) is 1. The van der Waals surface area contributed by atoms with Gasteiger partial charge in [-0.05, 0) is 31.4 Å². The molecule has 25 heavy (non-hydrogen) atoms. The van der Waals surface area contributed by atoms with Crippen molar-refractivity contribution in [1.82, 2.24) is 9.55 Å². The average molecular weight is 335 g/mol. The molecular formula is C22H29N3. The summed E-state index contributed by atoms with van der Waals surface area (Å²) in [6.07, 6.45) is 4.87. The molecule has 0 amide bonds. The lowest BCUT2D eigenvalue weighted by atomic mass is 10.1. The van der Waals surface area contributed by atoms with E-state index in [1.165, 1.54) is 11.1 Å². The van der Waals surface area contributed by atoms with Crippen LogP contribution < -0.4 is 16.0 Å². The fraction of sp³-hybridized carbons (Fsp3) is 0.318. The number of aromatic nitrogens is 2. The van der Waals surface area contributed by atoms with E-state index in [9.17, 15) is 0 Å². The summed E-state index contributed by atoms with van der Waals surface area (Å²) in [5.41, 5.74) is 3.39. The smallest absolute Gasteiger partial charge is 0.208 e. The molecule has 0 atom stereocenters. The SMILES string of the molecule is C=C(Cc1ccccc1)Nc1n/c(=C/C=C(C)C)c(=C)n1CC(C)C. The van der Waals surface area contributed by atoms with Gasteiger partial charge in [0, 0.05) is 18.7 Å². The predicted octanol–water partition coefficient (Wildman–Crippen LogP) is 3.86. The number of rotatable bonds is 7. The molecular weight excluding hydrogens is 306 g/mol. The third-order valence-corrected chi connectivity index (χ3v) is 3.77. The summed E-state index contributed by atoms with van der Waals surface area (Å²) < 4.78 is 2.14. The van der Waals surface area contributed by atoms with E-state index < -0.39 is 0 Å². The fourth-order valence-electron chi connectivity index (χ4n) is 2.59. The number of hydrogen-bond donors (Lipinski definition) is 1.